The second-order valence-corrected chi connectivity index (χ2v) is 11.1. The van der Waals surface area contributed by atoms with Crippen LogP contribution < -0.4 is 4.90 Å². The summed E-state index contributed by atoms with van der Waals surface area (Å²) in [7, 11) is -3.27. The molecule has 0 N–H and O–H groups in total. The molecule has 5 amide bonds. The van der Waals surface area contributed by atoms with Crippen LogP contribution in [0.4, 0.5) is 10.5 Å². The number of para-hydroxylation sites is 1. The SMILES string of the molecule is C[C@@H]1CCCC[C@H]1N1C(=O)C(=O)N(CC(=O)N(c2ccccc2)[C@@H]2CCS(=O)(=O)C2)C1=O. The van der Waals surface area contributed by atoms with Crippen molar-refractivity contribution >= 4 is 39.3 Å². The van der Waals surface area contributed by atoms with Gasteiger partial charge in [0.25, 0.3) is 0 Å². The summed E-state index contributed by atoms with van der Waals surface area (Å²) < 4.78 is 24.1. The molecule has 172 valence electrons. The highest BCUT2D eigenvalue weighted by Gasteiger charge is 2.50. The van der Waals surface area contributed by atoms with Crippen molar-refractivity contribution in [2.75, 3.05) is 23.0 Å². The van der Waals surface area contributed by atoms with Gasteiger partial charge >= 0.3 is 17.8 Å². The van der Waals surface area contributed by atoms with E-state index in [4.69, 9.17) is 0 Å². The molecule has 0 radical (unpaired) electrons. The van der Waals surface area contributed by atoms with Crippen LogP contribution in [0.5, 0.6) is 0 Å². The first-order valence-corrected chi connectivity index (χ1v) is 12.8. The monoisotopic (exact) mass is 461 g/mol. The minimum atomic E-state index is -3.27. The van der Waals surface area contributed by atoms with Gasteiger partial charge in [0.15, 0.2) is 9.84 Å². The van der Waals surface area contributed by atoms with Crippen LogP contribution in [0.1, 0.15) is 39.0 Å². The minimum Gasteiger partial charge on any atom is -0.307 e. The van der Waals surface area contributed by atoms with Crippen LogP contribution in [0.3, 0.4) is 0 Å². The molecule has 2 heterocycles. The highest BCUT2D eigenvalue weighted by Crippen LogP contribution is 2.31. The Morgan fingerprint density at radius 1 is 1.03 bits per heavy atom. The fourth-order valence-corrected chi connectivity index (χ4v) is 6.67. The van der Waals surface area contributed by atoms with Gasteiger partial charge in [0.1, 0.15) is 6.54 Å². The molecule has 1 aromatic rings. The van der Waals surface area contributed by atoms with Gasteiger partial charge in [-0.05, 0) is 37.3 Å². The minimum absolute atomic E-state index is 0.0261. The Morgan fingerprint density at radius 3 is 2.34 bits per heavy atom. The summed E-state index contributed by atoms with van der Waals surface area (Å²) in [5, 5.41) is 0. The quantitative estimate of drug-likeness (QED) is 0.486. The third kappa shape index (κ3) is 4.15. The average Bonchev–Trinajstić information content (AvgIpc) is 3.21. The van der Waals surface area contributed by atoms with E-state index in [1.165, 1.54) is 4.90 Å². The van der Waals surface area contributed by atoms with Crippen LogP contribution in [0.2, 0.25) is 0 Å². The molecular formula is C22H27N3O6S. The Hall–Kier alpha value is -2.75. The number of anilines is 1. The maximum atomic E-state index is 13.3. The zero-order chi connectivity index (χ0) is 23.0. The molecule has 1 aromatic carbocycles. The number of imide groups is 2. The number of hydrogen-bond donors (Lipinski definition) is 0. The van der Waals surface area contributed by atoms with Crippen LogP contribution >= 0.6 is 0 Å². The molecule has 0 bridgehead atoms. The number of benzene rings is 1. The summed E-state index contributed by atoms with van der Waals surface area (Å²) in [4.78, 5) is 54.7. The molecule has 2 saturated heterocycles. The first-order chi connectivity index (χ1) is 15.2. The van der Waals surface area contributed by atoms with E-state index in [1.807, 2.05) is 6.92 Å². The summed E-state index contributed by atoms with van der Waals surface area (Å²) >= 11 is 0. The largest absolute Gasteiger partial charge is 0.334 e. The predicted octanol–water partition coefficient (Wildman–Crippen LogP) is 1.58. The van der Waals surface area contributed by atoms with E-state index in [9.17, 15) is 27.6 Å². The molecule has 0 aromatic heterocycles. The van der Waals surface area contributed by atoms with Gasteiger partial charge in [0, 0.05) is 11.7 Å². The Labute approximate surface area is 187 Å². The van der Waals surface area contributed by atoms with E-state index in [2.05, 4.69) is 0 Å². The lowest BCUT2D eigenvalue weighted by atomic mass is 9.85. The fraction of sp³-hybridized carbons (Fsp3) is 0.545. The molecule has 2 aliphatic heterocycles. The fourth-order valence-electron chi connectivity index (χ4n) is 4.97. The zero-order valence-corrected chi connectivity index (χ0v) is 18.8. The number of amides is 5. The summed E-state index contributed by atoms with van der Waals surface area (Å²) in [6.45, 7) is 1.35. The zero-order valence-electron chi connectivity index (χ0n) is 18.0. The molecule has 4 rings (SSSR count). The van der Waals surface area contributed by atoms with Gasteiger partial charge in [0.2, 0.25) is 5.91 Å². The second-order valence-electron chi connectivity index (χ2n) is 8.83. The lowest BCUT2D eigenvalue weighted by Gasteiger charge is -2.34. The van der Waals surface area contributed by atoms with Crippen molar-refractivity contribution in [3.05, 3.63) is 30.3 Å². The highest BCUT2D eigenvalue weighted by molar-refractivity contribution is 7.91. The van der Waals surface area contributed by atoms with Crippen molar-refractivity contribution in [1.29, 1.82) is 0 Å². The highest BCUT2D eigenvalue weighted by atomic mass is 32.2. The van der Waals surface area contributed by atoms with E-state index in [0.717, 1.165) is 24.2 Å². The molecular weight excluding hydrogens is 434 g/mol. The Morgan fingerprint density at radius 2 is 1.72 bits per heavy atom. The van der Waals surface area contributed by atoms with E-state index in [0.29, 0.717) is 17.0 Å². The van der Waals surface area contributed by atoms with Crippen LogP contribution in [-0.4, -0.2) is 72.1 Å². The van der Waals surface area contributed by atoms with Gasteiger partial charge in [-0.1, -0.05) is 38.0 Å². The summed E-state index contributed by atoms with van der Waals surface area (Å²) in [6.07, 6.45) is 3.67. The van der Waals surface area contributed by atoms with Gasteiger partial charge < -0.3 is 4.90 Å². The van der Waals surface area contributed by atoms with E-state index >= 15 is 0 Å². The molecule has 3 atom stereocenters. The van der Waals surface area contributed by atoms with Gasteiger partial charge in [0.05, 0.1) is 17.5 Å². The Kier molecular flexibility index (Phi) is 6.07. The number of nitrogens with zero attached hydrogens (tertiary/aromatic N) is 3. The van der Waals surface area contributed by atoms with Crippen molar-refractivity contribution < 1.29 is 27.6 Å². The van der Waals surface area contributed by atoms with Gasteiger partial charge in [-0.25, -0.2) is 18.1 Å². The predicted molar refractivity (Wildman–Crippen MR) is 116 cm³/mol. The first-order valence-electron chi connectivity index (χ1n) is 11.0. The van der Waals surface area contributed by atoms with Crippen LogP contribution in [0.15, 0.2) is 30.3 Å². The molecule has 32 heavy (non-hydrogen) atoms. The molecule has 1 saturated carbocycles. The van der Waals surface area contributed by atoms with E-state index in [-0.39, 0.29) is 29.9 Å². The third-order valence-electron chi connectivity index (χ3n) is 6.65. The van der Waals surface area contributed by atoms with Crippen LogP contribution in [0, 0.1) is 5.92 Å². The number of urea groups is 1. The topological polar surface area (TPSA) is 112 Å². The average molecular weight is 462 g/mol. The molecule has 0 spiro atoms. The summed E-state index contributed by atoms with van der Waals surface area (Å²) in [5.74, 6) is -2.61. The summed E-state index contributed by atoms with van der Waals surface area (Å²) in [5.41, 5.74) is 0.489. The maximum absolute atomic E-state index is 13.3. The van der Waals surface area contributed by atoms with Crippen molar-refractivity contribution in [2.24, 2.45) is 5.92 Å². The van der Waals surface area contributed by atoms with Crippen molar-refractivity contribution in [3.8, 4) is 0 Å². The third-order valence-corrected chi connectivity index (χ3v) is 8.40. The van der Waals surface area contributed by atoms with E-state index < -0.39 is 46.2 Å². The van der Waals surface area contributed by atoms with Crippen LogP contribution in [0.25, 0.3) is 0 Å². The van der Waals surface area contributed by atoms with Crippen molar-refractivity contribution in [3.63, 3.8) is 0 Å². The molecule has 9 nitrogen and oxygen atoms in total. The van der Waals surface area contributed by atoms with Gasteiger partial charge in [-0.2, -0.15) is 0 Å². The normalized spacial score (nSPS) is 27.8. The lowest BCUT2D eigenvalue weighted by Crippen LogP contribution is -2.49. The van der Waals surface area contributed by atoms with Gasteiger partial charge in [-0.15, -0.1) is 0 Å². The number of carbonyl (C=O) groups excluding carboxylic acids is 4. The van der Waals surface area contributed by atoms with Crippen molar-refractivity contribution in [2.45, 2.75) is 51.1 Å². The van der Waals surface area contributed by atoms with E-state index in [1.54, 1.807) is 30.3 Å². The number of hydrogen-bond acceptors (Lipinski definition) is 6. The molecule has 3 fully saturated rings. The molecule has 3 aliphatic rings. The van der Waals surface area contributed by atoms with Crippen molar-refractivity contribution in [1.82, 2.24) is 9.80 Å². The smallest absolute Gasteiger partial charge is 0.307 e. The first kappa shape index (κ1) is 22.4. The molecule has 1 aliphatic carbocycles. The lowest BCUT2D eigenvalue weighted by molar-refractivity contribution is -0.145. The Bertz CT molecular complexity index is 1040. The number of rotatable bonds is 5. The molecule has 0 unspecified atom stereocenters. The van der Waals surface area contributed by atoms with Gasteiger partial charge in [-0.3, -0.25) is 19.3 Å². The number of sulfone groups is 1. The summed E-state index contributed by atoms with van der Waals surface area (Å²) in [6, 6.07) is 6.87. The van der Waals surface area contributed by atoms with Crippen LogP contribution in [-0.2, 0) is 24.2 Å². The maximum Gasteiger partial charge on any atom is 0.334 e. The molecule has 10 heteroatoms. The standard InChI is InChI=1S/C22H27N3O6S/c1-15-7-5-6-10-18(15)25-21(28)20(27)23(22(25)29)13-19(26)24(16-8-3-2-4-9-16)17-11-12-32(30,31)14-17/h2-4,8-9,15,17-18H,5-7,10-14H2,1H3/t15-,17-,18-/m1/s1. The second kappa shape index (κ2) is 8.65. The number of carbonyl (C=O) groups is 4. The Balaban J connectivity index is 1.57.